The Morgan fingerprint density at radius 1 is 0.839 bits per heavy atom. The smallest absolute Gasteiger partial charge is 0.494 e. The summed E-state index contributed by atoms with van der Waals surface area (Å²) in [4.78, 5) is 11.4. The molecule has 0 saturated heterocycles. The minimum absolute atomic E-state index is 0.307. The molecule has 3 rings (SSSR count). The number of halogens is 3. The van der Waals surface area contributed by atoms with Gasteiger partial charge in [-0.15, -0.1) is 13.2 Å². The molecule has 0 aliphatic carbocycles. The van der Waals surface area contributed by atoms with Crippen LogP contribution in [-0.4, -0.2) is 19.3 Å². The molecule has 0 amide bonds. The maximum Gasteiger partial charge on any atom is 0.573 e. The van der Waals surface area contributed by atoms with Crippen LogP contribution in [0.3, 0.4) is 0 Å². The molecule has 0 N–H and O–H groups in total. The molecule has 0 saturated carbocycles. The minimum atomic E-state index is -4.75. The van der Waals surface area contributed by atoms with Crippen LogP contribution in [0.15, 0.2) is 66.7 Å². The number of carbonyl (C=O) groups is 1. The maximum atomic E-state index is 12.3. The molecule has 0 radical (unpaired) electrons. The molecule has 0 atom stereocenters. The van der Waals surface area contributed by atoms with Crippen molar-refractivity contribution in [2.24, 2.45) is 0 Å². The molecule has 0 aliphatic rings. The van der Waals surface area contributed by atoms with Crippen molar-refractivity contribution in [1.82, 2.24) is 0 Å². The second-order valence-corrected chi connectivity index (χ2v) is 6.72. The van der Waals surface area contributed by atoms with Gasteiger partial charge in [-0.3, -0.25) is 4.79 Å². The average Bonchev–Trinajstić information content (AvgIpc) is 2.74. The van der Waals surface area contributed by atoms with Crippen LogP contribution in [0.5, 0.6) is 23.0 Å². The van der Waals surface area contributed by atoms with Gasteiger partial charge in [0.2, 0.25) is 0 Å². The van der Waals surface area contributed by atoms with Crippen LogP contribution in [0.2, 0.25) is 0 Å². The van der Waals surface area contributed by atoms with Gasteiger partial charge < -0.3 is 14.2 Å². The van der Waals surface area contributed by atoms with Crippen molar-refractivity contribution in [3.05, 3.63) is 72.3 Å². The number of alkyl halides is 3. The topological polar surface area (TPSA) is 44.8 Å². The lowest BCUT2D eigenvalue weighted by Crippen LogP contribution is -2.16. The maximum absolute atomic E-state index is 12.3. The molecule has 0 bridgehead atoms. The van der Waals surface area contributed by atoms with E-state index in [4.69, 9.17) is 9.47 Å². The van der Waals surface area contributed by atoms with Crippen LogP contribution >= 0.6 is 0 Å². The third-order valence-corrected chi connectivity index (χ3v) is 4.38. The average molecular weight is 430 g/mol. The van der Waals surface area contributed by atoms with Gasteiger partial charge in [-0.2, -0.15) is 0 Å². The van der Waals surface area contributed by atoms with Crippen LogP contribution in [0.4, 0.5) is 13.2 Å². The summed E-state index contributed by atoms with van der Waals surface area (Å²) in [6, 6.07) is 17.5. The van der Waals surface area contributed by atoms with Gasteiger partial charge >= 0.3 is 6.36 Å². The Hall–Kier alpha value is -3.48. The van der Waals surface area contributed by atoms with E-state index in [1.807, 2.05) is 0 Å². The molecule has 0 spiro atoms. The van der Waals surface area contributed by atoms with Crippen LogP contribution in [0.1, 0.15) is 30.1 Å². The highest BCUT2D eigenvalue weighted by Crippen LogP contribution is 2.32. The number of hydrogen-bond acceptors (Lipinski definition) is 4. The van der Waals surface area contributed by atoms with Gasteiger partial charge in [0.05, 0.1) is 12.2 Å². The van der Waals surface area contributed by atoms with Crippen molar-refractivity contribution in [2.45, 2.75) is 26.1 Å². The number of carbonyl (C=O) groups excluding carboxylic acids is 1. The number of hydrogen-bond donors (Lipinski definition) is 0. The molecule has 4 nitrogen and oxygen atoms in total. The van der Waals surface area contributed by atoms with E-state index in [1.54, 1.807) is 42.5 Å². The summed E-state index contributed by atoms with van der Waals surface area (Å²) in [6.07, 6.45) is -2.05. The van der Waals surface area contributed by atoms with E-state index in [9.17, 15) is 18.0 Å². The molecule has 3 aromatic rings. The van der Waals surface area contributed by atoms with E-state index in [2.05, 4.69) is 11.7 Å². The second kappa shape index (κ2) is 10.0. The first-order valence-electron chi connectivity index (χ1n) is 9.74. The molecule has 0 heterocycles. The Kier molecular flexibility index (Phi) is 7.18. The summed E-state index contributed by atoms with van der Waals surface area (Å²) >= 11 is 0. The SMILES string of the molecule is CCCCOc1ccc(Oc2cc(-c3ccc(OC(F)(F)F)cc3)ccc2C=O)cc1. The molecule has 7 heteroatoms. The van der Waals surface area contributed by atoms with Crippen molar-refractivity contribution in [2.75, 3.05) is 6.61 Å². The number of aldehydes is 1. The normalized spacial score (nSPS) is 11.1. The van der Waals surface area contributed by atoms with E-state index >= 15 is 0 Å². The number of unbranched alkanes of at least 4 members (excludes halogenated alkanes) is 1. The molecule has 0 aromatic heterocycles. The lowest BCUT2D eigenvalue weighted by Gasteiger charge is -2.12. The Morgan fingerprint density at radius 2 is 1.45 bits per heavy atom. The zero-order valence-corrected chi connectivity index (χ0v) is 16.8. The summed E-state index contributed by atoms with van der Waals surface area (Å²) in [5.41, 5.74) is 1.68. The van der Waals surface area contributed by atoms with E-state index < -0.39 is 6.36 Å². The molecule has 0 unspecified atom stereocenters. The van der Waals surface area contributed by atoms with Crippen molar-refractivity contribution < 1.29 is 32.2 Å². The Morgan fingerprint density at radius 3 is 2.06 bits per heavy atom. The number of ether oxygens (including phenoxy) is 3. The lowest BCUT2D eigenvalue weighted by molar-refractivity contribution is -0.274. The first-order chi connectivity index (χ1) is 14.9. The Balaban J connectivity index is 1.77. The number of rotatable bonds is 9. The fourth-order valence-electron chi connectivity index (χ4n) is 2.81. The number of benzene rings is 3. The second-order valence-electron chi connectivity index (χ2n) is 6.72. The molecule has 31 heavy (non-hydrogen) atoms. The van der Waals surface area contributed by atoms with E-state index in [-0.39, 0.29) is 5.75 Å². The fourth-order valence-corrected chi connectivity index (χ4v) is 2.81. The largest absolute Gasteiger partial charge is 0.573 e. The van der Waals surface area contributed by atoms with Gasteiger partial charge in [-0.1, -0.05) is 31.5 Å². The third-order valence-electron chi connectivity index (χ3n) is 4.38. The van der Waals surface area contributed by atoms with Crippen molar-refractivity contribution in [1.29, 1.82) is 0 Å². The standard InChI is InChI=1S/C24H21F3O4/c1-2-3-14-29-20-10-12-21(13-11-20)30-23-15-18(4-5-19(23)16-28)17-6-8-22(9-7-17)31-24(25,26)27/h4-13,15-16H,2-3,14H2,1H3. The fraction of sp³-hybridized carbons (Fsp3) is 0.208. The molecule has 0 aliphatic heterocycles. The molecular formula is C24H21F3O4. The first-order valence-corrected chi connectivity index (χ1v) is 9.74. The van der Waals surface area contributed by atoms with Gasteiger partial charge in [0, 0.05) is 0 Å². The summed E-state index contributed by atoms with van der Waals surface area (Å²) in [5.74, 6) is 1.28. The predicted molar refractivity (Wildman–Crippen MR) is 111 cm³/mol. The van der Waals surface area contributed by atoms with Crippen molar-refractivity contribution in [3.63, 3.8) is 0 Å². The van der Waals surface area contributed by atoms with Crippen molar-refractivity contribution >= 4 is 6.29 Å². The van der Waals surface area contributed by atoms with Crippen LogP contribution in [0, 0.1) is 0 Å². The predicted octanol–water partition coefficient (Wildman–Crippen LogP) is 7.04. The lowest BCUT2D eigenvalue weighted by atomic mass is 10.0. The molecular weight excluding hydrogens is 409 g/mol. The van der Waals surface area contributed by atoms with Gasteiger partial charge in [-0.25, -0.2) is 0 Å². The highest BCUT2D eigenvalue weighted by atomic mass is 19.4. The monoisotopic (exact) mass is 430 g/mol. The van der Waals surface area contributed by atoms with E-state index in [0.29, 0.717) is 41.1 Å². The summed E-state index contributed by atoms with van der Waals surface area (Å²) < 4.78 is 52.4. The van der Waals surface area contributed by atoms with Gasteiger partial charge in [-0.05, 0) is 66.1 Å². The molecule has 162 valence electrons. The quantitative estimate of drug-likeness (QED) is 0.270. The molecule has 3 aromatic carbocycles. The van der Waals surface area contributed by atoms with Crippen LogP contribution in [-0.2, 0) is 0 Å². The Bertz CT molecular complexity index is 997. The Labute approximate surface area is 178 Å². The molecule has 0 fully saturated rings. The summed E-state index contributed by atoms with van der Waals surface area (Å²) in [5, 5.41) is 0. The highest BCUT2D eigenvalue weighted by Gasteiger charge is 2.30. The van der Waals surface area contributed by atoms with E-state index in [1.165, 1.54) is 24.3 Å². The zero-order chi connectivity index (χ0) is 22.3. The summed E-state index contributed by atoms with van der Waals surface area (Å²) in [6.45, 7) is 2.73. The minimum Gasteiger partial charge on any atom is -0.494 e. The highest BCUT2D eigenvalue weighted by molar-refractivity contribution is 5.82. The van der Waals surface area contributed by atoms with Crippen LogP contribution < -0.4 is 14.2 Å². The first kappa shape index (κ1) is 22.2. The zero-order valence-electron chi connectivity index (χ0n) is 16.8. The van der Waals surface area contributed by atoms with E-state index in [0.717, 1.165) is 18.6 Å². The van der Waals surface area contributed by atoms with Gasteiger partial charge in [0.25, 0.3) is 0 Å². The van der Waals surface area contributed by atoms with Crippen LogP contribution in [0.25, 0.3) is 11.1 Å². The van der Waals surface area contributed by atoms with Crippen molar-refractivity contribution in [3.8, 4) is 34.1 Å². The van der Waals surface area contributed by atoms with Gasteiger partial charge in [0.15, 0.2) is 6.29 Å². The third kappa shape index (κ3) is 6.50. The van der Waals surface area contributed by atoms with Gasteiger partial charge in [0.1, 0.15) is 23.0 Å². The summed E-state index contributed by atoms with van der Waals surface area (Å²) in [7, 11) is 0.